The van der Waals surface area contributed by atoms with Crippen molar-refractivity contribution < 1.29 is 4.79 Å². The molecule has 0 aliphatic carbocycles. The van der Waals surface area contributed by atoms with Gasteiger partial charge in [-0.3, -0.25) is 4.79 Å². The van der Waals surface area contributed by atoms with E-state index in [2.05, 4.69) is 26.5 Å². The van der Waals surface area contributed by atoms with Gasteiger partial charge in [0.2, 0.25) is 5.91 Å². The summed E-state index contributed by atoms with van der Waals surface area (Å²) >= 11 is 10.8. The van der Waals surface area contributed by atoms with Crippen molar-refractivity contribution in [1.82, 2.24) is 5.43 Å². The van der Waals surface area contributed by atoms with Crippen LogP contribution in [0.15, 0.2) is 58.1 Å². The molecule has 0 saturated carbocycles. The normalized spacial score (nSPS) is 10.8. The molecule has 1 amide bonds. The summed E-state index contributed by atoms with van der Waals surface area (Å²) in [6.45, 7) is 0. The molecule has 0 aliphatic rings. The minimum Gasteiger partial charge on any atom is -0.272 e. The molecule has 22 heavy (non-hydrogen) atoms. The van der Waals surface area contributed by atoms with Crippen LogP contribution in [0, 0.1) is 0 Å². The van der Waals surface area contributed by atoms with E-state index in [0.717, 1.165) is 15.8 Å². The number of amides is 1. The molecular formula is C16H14BrClN2OS. The third kappa shape index (κ3) is 6.22. The minimum absolute atomic E-state index is 0.127. The average molecular weight is 398 g/mol. The minimum atomic E-state index is -0.127. The second-order valence-corrected chi connectivity index (χ2v) is 6.81. The predicted octanol–water partition coefficient (Wildman–Crippen LogP) is 4.49. The van der Waals surface area contributed by atoms with Crippen LogP contribution < -0.4 is 5.43 Å². The zero-order chi connectivity index (χ0) is 15.8. The highest BCUT2D eigenvalue weighted by atomic mass is 79.9. The number of carbonyl (C=O) groups is 1. The number of rotatable bonds is 6. The van der Waals surface area contributed by atoms with E-state index < -0.39 is 0 Å². The Balaban J connectivity index is 1.72. The van der Waals surface area contributed by atoms with Crippen LogP contribution in [-0.4, -0.2) is 17.9 Å². The van der Waals surface area contributed by atoms with E-state index in [1.54, 1.807) is 30.1 Å². The molecule has 0 heterocycles. The third-order valence-corrected chi connectivity index (χ3v) is 4.37. The zero-order valence-electron chi connectivity index (χ0n) is 11.6. The van der Waals surface area contributed by atoms with Crippen LogP contribution in [0.4, 0.5) is 0 Å². The van der Waals surface area contributed by atoms with Gasteiger partial charge in [0.25, 0.3) is 0 Å². The topological polar surface area (TPSA) is 41.5 Å². The lowest BCUT2D eigenvalue weighted by Gasteiger charge is -2.02. The highest BCUT2D eigenvalue weighted by molar-refractivity contribution is 9.10. The predicted molar refractivity (Wildman–Crippen MR) is 97.5 cm³/mol. The number of halogens is 2. The van der Waals surface area contributed by atoms with Gasteiger partial charge in [0.1, 0.15) is 0 Å². The molecule has 3 nitrogen and oxygen atoms in total. The molecule has 0 spiro atoms. The Labute approximate surface area is 147 Å². The Morgan fingerprint density at radius 3 is 2.86 bits per heavy atom. The van der Waals surface area contributed by atoms with Gasteiger partial charge in [0, 0.05) is 15.2 Å². The molecule has 0 aromatic heterocycles. The van der Waals surface area contributed by atoms with Crippen molar-refractivity contribution in [2.75, 3.05) is 5.75 Å². The average Bonchev–Trinajstić information content (AvgIpc) is 2.47. The van der Waals surface area contributed by atoms with Crippen LogP contribution >= 0.6 is 39.3 Å². The molecule has 1 N–H and O–H groups in total. The van der Waals surface area contributed by atoms with Crippen molar-refractivity contribution in [2.24, 2.45) is 5.10 Å². The molecule has 0 unspecified atom stereocenters. The molecular weight excluding hydrogens is 384 g/mol. The number of benzene rings is 2. The number of hydrogen-bond donors (Lipinski definition) is 1. The van der Waals surface area contributed by atoms with Gasteiger partial charge in [0.15, 0.2) is 0 Å². The first-order chi connectivity index (χ1) is 10.6. The smallest absolute Gasteiger partial charge is 0.250 e. The van der Waals surface area contributed by atoms with Crippen molar-refractivity contribution in [3.05, 3.63) is 69.2 Å². The molecule has 0 fully saturated rings. The maximum atomic E-state index is 11.7. The molecule has 0 aliphatic heterocycles. The molecule has 114 valence electrons. The first-order valence-electron chi connectivity index (χ1n) is 6.53. The van der Waals surface area contributed by atoms with Crippen molar-refractivity contribution in [3.63, 3.8) is 0 Å². The van der Waals surface area contributed by atoms with Crippen molar-refractivity contribution in [1.29, 1.82) is 0 Å². The highest BCUT2D eigenvalue weighted by Crippen LogP contribution is 2.16. The lowest BCUT2D eigenvalue weighted by atomic mass is 10.2. The molecule has 0 radical (unpaired) electrons. The van der Waals surface area contributed by atoms with E-state index >= 15 is 0 Å². The summed E-state index contributed by atoms with van der Waals surface area (Å²) in [6, 6.07) is 15.3. The van der Waals surface area contributed by atoms with E-state index in [-0.39, 0.29) is 5.91 Å². The van der Waals surface area contributed by atoms with Crippen molar-refractivity contribution in [3.8, 4) is 0 Å². The summed E-state index contributed by atoms with van der Waals surface area (Å²) in [5.41, 5.74) is 4.52. The highest BCUT2D eigenvalue weighted by Gasteiger charge is 2.01. The zero-order valence-corrected chi connectivity index (χ0v) is 14.8. The Bertz CT molecular complexity index is 679. The van der Waals surface area contributed by atoms with Crippen LogP contribution in [0.3, 0.4) is 0 Å². The van der Waals surface area contributed by atoms with E-state index in [9.17, 15) is 4.79 Å². The lowest BCUT2D eigenvalue weighted by molar-refractivity contribution is -0.118. The number of nitrogens with one attached hydrogen (secondary N) is 1. The molecule has 2 aromatic rings. The third-order valence-electron chi connectivity index (χ3n) is 2.64. The molecule has 0 bridgehead atoms. The van der Waals surface area contributed by atoms with Gasteiger partial charge in [-0.2, -0.15) is 5.10 Å². The van der Waals surface area contributed by atoms with Crippen LogP contribution in [0.5, 0.6) is 0 Å². The fourth-order valence-electron chi connectivity index (χ4n) is 1.69. The Morgan fingerprint density at radius 2 is 2.09 bits per heavy atom. The Hall–Kier alpha value is -1.30. The SMILES string of the molecule is O=C(CSCc1cccc(Br)c1)N/N=C\c1cccc(Cl)c1. The summed E-state index contributed by atoms with van der Waals surface area (Å²) in [6.07, 6.45) is 1.57. The summed E-state index contributed by atoms with van der Waals surface area (Å²) in [7, 11) is 0. The molecule has 0 atom stereocenters. The Kier molecular flexibility index (Phi) is 6.96. The van der Waals surface area contributed by atoms with Gasteiger partial charge in [-0.05, 0) is 35.4 Å². The quantitative estimate of drug-likeness (QED) is 0.576. The van der Waals surface area contributed by atoms with E-state index in [1.165, 1.54) is 5.56 Å². The summed E-state index contributed by atoms with van der Waals surface area (Å²) in [5, 5.41) is 4.56. The molecule has 2 aromatic carbocycles. The number of hydrazone groups is 1. The number of carbonyl (C=O) groups excluding carboxylic acids is 1. The summed E-state index contributed by atoms with van der Waals surface area (Å²) in [4.78, 5) is 11.7. The van der Waals surface area contributed by atoms with Gasteiger partial charge in [0.05, 0.1) is 12.0 Å². The van der Waals surface area contributed by atoms with E-state index in [4.69, 9.17) is 11.6 Å². The first-order valence-corrected chi connectivity index (χ1v) is 8.86. The van der Waals surface area contributed by atoms with Gasteiger partial charge >= 0.3 is 0 Å². The maximum Gasteiger partial charge on any atom is 0.250 e. The van der Waals surface area contributed by atoms with E-state index in [1.807, 2.05) is 36.4 Å². The molecule has 2 rings (SSSR count). The molecule has 0 saturated heterocycles. The van der Waals surface area contributed by atoms with Crippen LogP contribution in [0.2, 0.25) is 5.02 Å². The van der Waals surface area contributed by atoms with Gasteiger partial charge in [-0.1, -0.05) is 51.8 Å². The number of thioether (sulfide) groups is 1. The fraction of sp³-hybridized carbons (Fsp3) is 0.125. The van der Waals surface area contributed by atoms with Gasteiger partial charge in [-0.15, -0.1) is 11.8 Å². The second kappa shape index (κ2) is 8.98. The summed E-state index contributed by atoms with van der Waals surface area (Å²) in [5.74, 6) is 1.02. The van der Waals surface area contributed by atoms with Crippen LogP contribution in [0.25, 0.3) is 0 Å². The Morgan fingerprint density at radius 1 is 1.27 bits per heavy atom. The van der Waals surface area contributed by atoms with Crippen molar-refractivity contribution in [2.45, 2.75) is 5.75 Å². The maximum absolute atomic E-state index is 11.7. The second-order valence-electron chi connectivity index (χ2n) is 4.47. The molecule has 6 heteroatoms. The number of hydrogen-bond acceptors (Lipinski definition) is 3. The monoisotopic (exact) mass is 396 g/mol. The van der Waals surface area contributed by atoms with Crippen LogP contribution in [0.1, 0.15) is 11.1 Å². The van der Waals surface area contributed by atoms with E-state index in [0.29, 0.717) is 10.8 Å². The van der Waals surface area contributed by atoms with Crippen molar-refractivity contribution >= 4 is 51.4 Å². The lowest BCUT2D eigenvalue weighted by Crippen LogP contribution is -2.19. The van der Waals surface area contributed by atoms with Gasteiger partial charge in [-0.25, -0.2) is 5.43 Å². The van der Waals surface area contributed by atoms with Gasteiger partial charge < -0.3 is 0 Å². The summed E-state index contributed by atoms with van der Waals surface area (Å²) < 4.78 is 1.04. The number of nitrogens with zero attached hydrogens (tertiary/aromatic N) is 1. The van der Waals surface area contributed by atoms with Crippen LogP contribution in [-0.2, 0) is 10.5 Å². The fourth-order valence-corrected chi connectivity index (χ4v) is 3.10. The first kappa shape index (κ1) is 17.1. The standard InChI is InChI=1S/C16H14BrClN2OS/c17-14-5-1-4-13(7-14)10-22-11-16(21)20-19-9-12-3-2-6-15(18)8-12/h1-9H,10-11H2,(H,20,21)/b19-9-. The largest absolute Gasteiger partial charge is 0.272 e.